The molecule has 0 fully saturated rings. The van der Waals surface area contributed by atoms with Crippen molar-refractivity contribution in [2.75, 3.05) is 5.32 Å². The number of carbonyl (C=O) groups is 1. The summed E-state index contributed by atoms with van der Waals surface area (Å²) in [5.41, 5.74) is 0.0620. The SMILES string of the molecule is CC(C)(C)OC(=O)Nc1ccc(-n2ccnc2)nc1. The van der Waals surface area contributed by atoms with Crippen molar-refractivity contribution in [1.82, 2.24) is 14.5 Å². The van der Waals surface area contributed by atoms with Gasteiger partial charge in [0.1, 0.15) is 17.7 Å². The molecule has 2 rings (SSSR count). The molecule has 2 heterocycles. The lowest BCUT2D eigenvalue weighted by atomic mass is 10.2. The number of nitrogens with zero attached hydrogens (tertiary/aromatic N) is 3. The third-order valence-electron chi connectivity index (χ3n) is 2.16. The van der Waals surface area contributed by atoms with Crippen LogP contribution in [0.25, 0.3) is 5.82 Å². The van der Waals surface area contributed by atoms with Crippen molar-refractivity contribution in [2.24, 2.45) is 0 Å². The summed E-state index contributed by atoms with van der Waals surface area (Å²) in [4.78, 5) is 19.7. The largest absolute Gasteiger partial charge is 0.444 e. The second-order valence-corrected chi connectivity index (χ2v) is 5.00. The number of amides is 1. The number of ether oxygens (including phenoxy) is 1. The normalized spacial score (nSPS) is 11.1. The number of carbonyl (C=O) groups excluding carboxylic acids is 1. The molecule has 0 saturated carbocycles. The summed E-state index contributed by atoms with van der Waals surface area (Å²) in [5.74, 6) is 0.729. The van der Waals surface area contributed by atoms with E-state index in [1.807, 2.05) is 20.8 Å². The van der Waals surface area contributed by atoms with Crippen molar-refractivity contribution in [3.8, 4) is 5.82 Å². The highest BCUT2D eigenvalue weighted by Crippen LogP contribution is 2.12. The molecule has 0 unspecified atom stereocenters. The van der Waals surface area contributed by atoms with E-state index in [4.69, 9.17) is 4.74 Å². The molecule has 0 aliphatic rings. The molecule has 0 spiro atoms. The molecule has 0 atom stereocenters. The zero-order valence-electron chi connectivity index (χ0n) is 11.1. The highest BCUT2D eigenvalue weighted by molar-refractivity contribution is 5.84. The number of imidazole rings is 1. The average molecular weight is 260 g/mol. The second kappa shape index (κ2) is 5.09. The van der Waals surface area contributed by atoms with E-state index in [1.54, 1.807) is 41.6 Å². The molecular weight excluding hydrogens is 244 g/mol. The first-order valence-electron chi connectivity index (χ1n) is 5.88. The summed E-state index contributed by atoms with van der Waals surface area (Å²) in [7, 11) is 0. The van der Waals surface area contributed by atoms with E-state index in [9.17, 15) is 4.79 Å². The van der Waals surface area contributed by atoms with E-state index in [-0.39, 0.29) is 0 Å². The van der Waals surface area contributed by atoms with Gasteiger partial charge >= 0.3 is 6.09 Å². The third-order valence-corrected chi connectivity index (χ3v) is 2.16. The van der Waals surface area contributed by atoms with Gasteiger partial charge in [-0.1, -0.05) is 0 Å². The van der Waals surface area contributed by atoms with Gasteiger partial charge in [-0.15, -0.1) is 0 Å². The maximum atomic E-state index is 11.6. The van der Waals surface area contributed by atoms with Crippen molar-refractivity contribution in [3.05, 3.63) is 37.1 Å². The van der Waals surface area contributed by atoms with Gasteiger partial charge in [-0.05, 0) is 32.9 Å². The van der Waals surface area contributed by atoms with Crippen molar-refractivity contribution in [2.45, 2.75) is 26.4 Å². The Morgan fingerprint density at radius 2 is 2.16 bits per heavy atom. The van der Waals surface area contributed by atoms with E-state index in [0.29, 0.717) is 5.69 Å². The Balaban J connectivity index is 2.01. The molecule has 0 aliphatic carbocycles. The Kier molecular flexibility index (Phi) is 3.50. The smallest absolute Gasteiger partial charge is 0.412 e. The fourth-order valence-corrected chi connectivity index (χ4v) is 1.43. The zero-order chi connectivity index (χ0) is 13.9. The van der Waals surface area contributed by atoms with Crippen LogP contribution < -0.4 is 5.32 Å². The molecule has 19 heavy (non-hydrogen) atoms. The van der Waals surface area contributed by atoms with E-state index < -0.39 is 11.7 Å². The van der Waals surface area contributed by atoms with Crippen LogP contribution in [0.2, 0.25) is 0 Å². The van der Waals surface area contributed by atoms with Crippen molar-refractivity contribution in [1.29, 1.82) is 0 Å². The molecular formula is C13H16N4O2. The van der Waals surface area contributed by atoms with Crippen LogP contribution in [0.5, 0.6) is 0 Å². The minimum absolute atomic E-state index is 0.496. The van der Waals surface area contributed by atoms with Crippen LogP contribution >= 0.6 is 0 Å². The summed E-state index contributed by atoms with van der Waals surface area (Å²) < 4.78 is 6.93. The minimum atomic E-state index is -0.520. The highest BCUT2D eigenvalue weighted by Gasteiger charge is 2.16. The fourth-order valence-electron chi connectivity index (χ4n) is 1.43. The first-order chi connectivity index (χ1) is 8.94. The van der Waals surface area contributed by atoms with Crippen molar-refractivity contribution < 1.29 is 9.53 Å². The lowest BCUT2D eigenvalue weighted by Crippen LogP contribution is -2.27. The van der Waals surface area contributed by atoms with Gasteiger partial charge in [0.25, 0.3) is 0 Å². The minimum Gasteiger partial charge on any atom is -0.444 e. The summed E-state index contributed by atoms with van der Waals surface area (Å²) in [6, 6.07) is 3.54. The monoisotopic (exact) mass is 260 g/mol. The number of anilines is 1. The predicted molar refractivity (Wildman–Crippen MR) is 71.2 cm³/mol. The van der Waals surface area contributed by atoms with Crippen LogP contribution in [0.3, 0.4) is 0 Å². The Hall–Kier alpha value is -2.37. The van der Waals surface area contributed by atoms with Crippen LogP contribution in [0, 0.1) is 0 Å². The molecule has 2 aromatic heterocycles. The molecule has 100 valence electrons. The number of nitrogens with one attached hydrogen (secondary N) is 1. The Morgan fingerprint density at radius 1 is 1.37 bits per heavy atom. The average Bonchev–Trinajstić information content (AvgIpc) is 2.80. The number of pyridine rings is 1. The van der Waals surface area contributed by atoms with Crippen molar-refractivity contribution >= 4 is 11.8 Å². The van der Waals surface area contributed by atoms with Gasteiger partial charge in [-0.2, -0.15) is 0 Å². The van der Waals surface area contributed by atoms with Gasteiger partial charge in [-0.3, -0.25) is 9.88 Å². The molecule has 1 amide bonds. The van der Waals surface area contributed by atoms with Gasteiger partial charge in [0.15, 0.2) is 0 Å². The van der Waals surface area contributed by atoms with Crippen LogP contribution in [0.4, 0.5) is 10.5 Å². The molecule has 0 aliphatic heterocycles. The number of rotatable bonds is 2. The van der Waals surface area contributed by atoms with Gasteiger partial charge in [0.05, 0.1) is 11.9 Å². The summed E-state index contributed by atoms with van der Waals surface area (Å²) >= 11 is 0. The number of aromatic nitrogens is 3. The number of hydrogen-bond donors (Lipinski definition) is 1. The van der Waals surface area contributed by atoms with E-state index in [0.717, 1.165) is 5.82 Å². The molecule has 0 saturated heterocycles. The first-order valence-corrected chi connectivity index (χ1v) is 5.88. The van der Waals surface area contributed by atoms with E-state index >= 15 is 0 Å². The molecule has 0 radical (unpaired) electrons. The maximum Gasteiger partial charge on any atom is 0.412 e. The summed E-state index contributed by atoms with van der Waals surface area (Å²) in [6.45, 7) is 5.44. The van der Waals surface area contributed by atoms with Crippen LogP contribution in [0.15, 0.2) is 37.1 Å². The fraction of sp³-hybridized carbons (Fsp3) is 0.308. The Bertz CT molecular complexity index is 541. The molecule has 0 aromatic carbocycles. The number of hydrogen-bond acceptors (Lipinski definition) is 4. The second-order valence-electron chi connectivity index (χ2n) is 5.00. The van der Waals surface area contributed by atoms with E-state index in [2.05, 4.69) is 15.3 Å². The van der Waals surface area contributed by atoms with Crippen molar-refractivity contribution in [3.63, 3.8) is 0 Å². The van der Waals surface area contributed by atoms with Gasteiger partial charge in [0.2, 0.25) is 0 Å². The van der Waals surface area contributed by atoms with Crippen LogP contribution in [-0.2, 0) is 4.74 Å². The molecule has 6 heteroatoms. The Morgan fingerprint density at radius 3 is 2.68 bits per heavy atom. The van der Waals surface area contributed by atoms with Gasteiger partial charge in [0, 0.05) is 12.4 Å². The standard InChI is InChI=1S/C13H16N4O2/c1-13(2,3)19-12(18)16-10-4-5-11(15-8-10)17-7-6-14-9-17/h4-9H,1-3H3,(H,16,18). The third kappa shape index (κ3) is 3.80. The first kappa shape index (κ1) is 13.1. The predicted octanol–water partition coefficient (Wildman–Crippen LogP) is 2.61. The lowest BCUT2D eigenvalue weighted by Gasteiger charge is -2.19. The molecule has 1 N–H and O–H groups in total. The summed E-state index contributed by atoms with van der Waals surface area (Å²) in [6.07, 6.45) is 6.20. The zero-order valence-corrected chi connectivity index (χ0v) is 11.1. The molecule has 6 nitrogen and oxygen atoms in total. The van der Waals surface area contributed by atoms with Gasteiger partial charge < -0.3 is 4.74 Å². The quantitative estimate of drug-likeness (QED) is 0.901. The highest BCUT2D eigenvalue weighted by atomic mass is 16.6. The topological polar surface area (TPSA) is 69.0 Å². The van der Waals surface area contributed by atoms with Gasteiger partial charge in [-0.25, -0.2) is 14.8 Å². The summed E-state index contributed by atoms with van der Waals surface area (Å²) in [5, 5.41) is 2.62. The molecule has 0 bridgehead atoms. The van der Waals surface area contributed by atoms with E-state index in [1.165, 1.54) is 0 Å². The Labute approximate surface area is 111 Å². The van der Waals surface area contributed by atoms with Crippen LogP contribution in [-0.4, -0.2) is 26.2 Å². The molecule has 2 aromatic rings. The lowest BCUT2D eigenvalue weighted by molar-refractivity contribution is 0.0636. The van der Waals surface area contributed by atoms with Crippen LogP contribution in [0.1, 0.15) is 20.8 Å². The maximum absolute atomic E-state index is 11.6.